The summed E-state index contributed by atoms with van der Waals surface area (Å²) in [5.41, 5.74) is 0.826. The lowest BCUT2D eigenvalue weighted by molar-refractivity contribution is 0.0695. The molecule has 198 valence electrons. The third-order valence-electron chi connectivity index (χ3n) is 6.87. The first-order valence-corrected chi connectivity index (χ1v) is 12.4. The fourth-order valence-electron chi connectivity index (χ4n) is 4.89. The zero-order valence-electron chi connectivity index (χ0n) is 20.8. The van der Waals surface area contributed by atoms with Crippen LogP contribution in [0.1, 0.15) is 15.9 Å². The highest BCUT2D eigenvalue weighted by atomic mass is 19.1. The second-order valence-corrected chi connectivity index (χ2v) is 9.30. The number of hydrogen-bond donors (Lipinski definition) is 1. The predicted octanol–water partition coefficient (Wildman–Crippen LogP) is 3.40. The molecule has 4 heterocycles. The fraction of sp³-hybridized carbons (Fsp3) is 0.214. The molecule has 2 aromatic heterocycles. The normalized spacial score (nSPS) is 14.8. The Labute approximate surface area is 222 Å². The van der Waals surface area contributed by atoms with Crippen LogP contribution in [0.15, 0.2) is 66.4 Å². The number of pyridine rings is 1. The maximum atomic E-state index is 15.5. The minimum Gasteiger partial charge on any atom is -0.486 e. The van der Waals surface area contributed by atoms with Crippen LogP contribution in [0.25, 0.3) is 16.6 Å². The summed E-state index contributed by atoms with van der Waals surface area (Å²) in [5.74, 6) is -0.721. The molecule has 0 atom stereocenters. The molecule has 0 saturated carbocycles. The molecule has 39 heavy (non-hydrogen) atoms. The Bertz CT molecular complexity index is 1650. The minimum absolute atomic E-state index is 0.0347. The van der Waals surface area contributed by atoms with E-state index in [0.29, 0.717) is 55.7 Å². The van der Waals surface area contributed by atoms with Crippen LogP contribution in [0.4, 0.5) is 16.0 Å². The van der Waals surface area contributed by atoms with Gasteiger partial charge in [-0.25, -0.2) is 19.2 Å². The van der Waals surface area contributed by atoms with Crippen molar-refractivity contribution in [2.45, 2.75) is 6.61 Å². The molecular formula is C28H24FN5O5. The zero-order chi connectivity index (χ0) is 27.1. The van der Waals surface area contributed by atoms with E-state index in [4.69, 9.17) is 9.47 Å². The number of aromatic carboxylic acids is 1. The van der Waals surface area contributed by atoms with Gasteiger partial charge in [-0.2, -0.15) is 0 Å². The number of benzene rings is 2. The van der Waals surface area contributed by atoms with Crippen LogP contribution >= 0.6 is 0 Å². The van der Waals surface area contributed by atoms with Gasteiger partial charge in [0.2, 0.25) is 11.4 Å². The van der Waals surface area contributed by atoms with E-state index in [-0.39, 0.29) is 23.4 Å². The Morgan fingerprint density at radius 2 is 1.79 bits per heavy atom. The molecule has 1 fully saturated rings. The monoisotopic (exact) mass is 529 g/mol. The molecule has 1 saturated heterocycles. The van der Waals surface area contributed by atoms with Crippen LogP contribution < -0.4 is 24.7 Å². The molecule has 0 amide bonds. The topological polar surface area (TPSA) is 110 Å². The molecule has 1 N–H and O–H groups in total. The second-order valence-electron chi connectivity index (χ2n) is 9.30. The third kappa shape index (κ3) is 4.41. The summed E-state index contributed by atoms with van der Waals surface area (Å²) in [6, 6.07) is 10.9. The highest BCUT2D eigenvalue weighted by Gasteiger charge is 2.31. The number of carboxylic acid groups (broad SMARTS) is 1. The summed E-state index contributed by atoms with van der Waals surface area (Å²) >= 11 is 0. The Morgan fingerprint density at radius 1 is 1.10 bits per heavy atom. The summed E-state index contributed by atoms with van der Waals surface area (Å²) < 4.78 is 28.6. The average Bonchev–Trinajstić information content (AvgIpc) is 2.95. The largest absolute Gasteiger partial charge is 0.486 e. The molecule has 0 aliphatic carbocycles. The summed E-state index contributed by atoms with van der Waals surface area (Å²) in [5, 5.41) is 9.39. The Balaban J connectivity index is 1.21. The van der Waals surface area contributed by atoms with Gasteiger partial charge in [0.15, 0.2) is 17.3 Å². The number of aromatic nitrogens is 3. The van der Waals surface area contributed by atoms with E-state index in [0.717, 1.165) is 11.6 Å². The molecule has 2 aliphatic heterocycles. The molecule has 4 aromatic rings. The van der Waals surface area contributed by atoms with E-state index in [1.54, 1.807) is 12.4 Å². The van der Waals surface area contributed by atoms with Crippen LogP contribution in [0.3, 0.4) is 0 Å². The Morgan fingerprint density at radius 3 is 2.49 bits per heavy atom. The van der Waals surface area contributed by atoms with Gasteiger partial charge in [-0.3, -0.25) is 4.79 Å². The van der Waals surface area contributed by atoms with E-state index >= 15 is 4.39 Å². The third-order valence-corrected chi connectivity index (χ3v) is 6.87. The van der Waals surface area contributed by atoms with Crippen LogP contribution in [-0.2, 0) is 6.61 Å². The molecule has 0 spiro atoms. The first kappa shape index (κ1) is 24.4. The Hall–Kier alpha value is -4.93. The number of piperazine rings is 1. The molecule has 11 heteroatoms. The second kappa shape index (κ2) is 9.75. The lowest BCUT2D eigenvalue weighted by Gasteiger charge is -2.37. The molecule has 6 rings (SSSR count). The number of carbonyl (C=O) groups is 1. The number of hydrogen-bond acceptors (Lipinski definition) is 8. The average molecular weight is 530 g/mol. The fourth-order valence-corrected chi connectivity index (χ4v) is 4.89. The van der Waals surface area contributed by atoms with Crippen molar-refractivity contribution in [3.8, 4) is 11.5 Å². The number of anilines is 2. The van der Waals surface area contributed by atoms with Crippen molar-refractivity contribution in [1.29, 1.82) is 0 Å². The van der Waals surface area contributed by atoms with E-state index in [9.17, 15) is 14.7 Å². The molecule has 10 nitrogen and oxygen atoms in total. The van der Waals surface area contributed by atoms with Gasteiger partial charge in [0.05, 0.1) is 23.5 Å². The van der Waals surface area contributed by atoms with Crippen molar-refractivity contribution in [2.24, 2.45) is 0 Å². The van der Waals surface area contributed by atoms with E-state index < -0.39 is 22.8 Å². The van der Waals surface area contributed by atoms with Gasteiger partial charge < -0.3 is 28.9 Å². The van der Waals surface area contributed by atoms with Gasteiger partial charge in [0.1, 0.15) is 30.0 Å². The summed E-state index contributed by atoms with van der Waals surface area (Å²) in [6.45, 7) is 6.32. The maximum Gasteiger partial charge on any atom is 0.341 e. The minimum atomic E-state index is -1.38. The zero-order valence-corrected chi connectivity index (χ0v) is 20.8. The van der Waals surface area contributed by atoms with Crippen molar-refractivity contribution in [3.05, 3.63) is 88.7 Å². The summed E-state index contributed by atoms with van der Waals surface area (Å²) in [6.07, 6.45) is 4.50. The van der Waals surface area contributed by atoms with Crippen molar-refractivity contribution in [2.75, 3.05) is 42.6 Å². The number of ether oxygens (including phenoxy) is 2. The van der Waals surface area contributed by atoms with E-state index in [1.807, 2.05) is 40.1 Å². The van der Waals surface area contributed by atoms with Gasteiger partial charge >= 0.3 is 5.97 Å². The standard InChI is InChI=1S/C28H24FN5O5/c1-17-15-39-26-23-20(25(35)21(27(36)37)14-34(17)23)11-22(29)24(26)32-7-9-33(10-8-32)28-30-12-19(13-31-28)38-16-18-5-3-2-4-6-18/h2-6,11-14H,1,7-10,15-16H2,(H,36,37). The first-order chi connectivity index (χ1) is 18.9. The van der Waals surface area contributed by atoms with Crippen LogP contribution in [-0.4, -0.2) is 58.4 Å². The molecule has 2 aromatic carbocycles. The van der Waals surface area contributed by atoms with Gasteiger partial charge in [-0.1, -0.05) is 36.9 Å². The lowest BCUT2D eigenvalue weighted by Crippen LogP contribution is -2.47. The van der Waals surface area contributed by atoms with Crippen LogP contribution in [0.5, 0.6) is 11.5 Å². The molecular weight excluding hydrogens is 505 g/mol. The first-order valence-electron chi connectivity index (χ1n) is 12.4. The van der Waals surface area contributed by atoms with Crippen LogP contribution in [0.2, 0.25) is 0 Å². The Kier molecular flexibility index (Phi) is 6.10. The summed E-state index contributed by atoms with van der Waals surface area (Å²) in [7, 11) is 0. The van der Waals surface area contributed by atoms with Gasteiger partial charge in [-0.05, 0) is 11.6 Å². The number of halogens is 1. The smallest absolute Gasteiger partial charge is 0.341 e. The van der Waals surface area contributed by atoms with Crippen molar-refractivity contribution < 1.29 is 23.8 Å². The van der Waals surface area contributed by atoms with E-state index in [1.165, 1.54) is 10.8 Å². The van der Waals surface area contributed by atoms with Gasteiger partial charge in [0.25, 0.3) is 0 Å². The number of nitrogens with zero attached hydrogens (tertiary/aromatic N) is 5. The van der Waals surface area contributed by atoms with Crippen LogP contribution in [0, 0.1) is 5.82 Å². The van der Waals surface area contributed by atoms with Crippen molar-refractivity contribution in [3.63, 3.8) is 0 Å². The maximum absolute atomic E-state index is 15.5. The number of rotatable bonds is 6. The highest BCUT2D eigenvalue weighted by Crippen LogP contribution is 2.41. The number of carboxylic acids is 1. The lowest BCUT2D eigenvalue weighted by atomic mass is 10.1. The molecule has 0 bridgehead atoms. The van der Waals surface area contributed by atoms with E-state index in [2.05, 4.69) is 16.5 Å². The quantitative estimate of drug-likeness (QED) is 0.402. The van der Waals surface area contributed by atoms with Gasteiger partial charge in [0, 0.05) is 32.4 Å². The van der Waals surface area contributed by atoms with Crippen molar-refractivity contribution in [1.82, 2.24) is 14.5 Å². The van der Waals surface area contributed by atoms with Gasteiger partial charge in [-0.15, -0.1) is 0 Å². The SMILES string of the molecule is C=C1COc2c(N3CCN(c4ncc(OCc5ccccc5)cn4)CC3)c(F)cc3c(=O)c(C(=O)O)cn1c23. The predicted molar refractivity (Wildman–Crippen MR) is 143 cm³/mol. The molecule has 2 aliphatic rings. The van der Waals surface area contributed by atoms with Crippen molar-refractivity contribution >= 4 is 34.2 Å². The summed E-state index contributed by atoms with van der Waals surface area (Å²) in [4.78, 5) is 37.1. The molecule has 0 unspecified atom stereocenters. The highest BCUT2D eigenvalue weighted by molar-refractivity contribution is 5.99. The molecule has 0 radical (unpaired) electrons.